The standard InChI is InChI=1S/C13H17F2N3O3/c14-11-7-9(18(19)20)8-12(15)13(11)17-5-6-21-10-1-3-16-4-2-10/h7-8,10,16-17H,1-6H2. The molecule has 0 aliphatic carbocycles. The first-order chi connectivity index (χ1) is 10.1. The SMILES string of the molecule is O=[N+]([O-])c1cc(F)c(NCCOC2CCNCC2)c(F)c1. The second-order valence-corrected chi connectivity index (χ2v) is 4.79. The molecule has 2 N–H and O–H groups in total. The third-order valence-corrected chi connectivity index (χ3v) is 3.28. The Hall–Kier alpha value is -1.80. The molecule has 0 unspecified atom stereocenters. The molecule has 2 rings (SSSR count). The highest BCUT2D eigenvalue weighted by Gasteiger charge is 2.17. The highest BCUT2D eigenvalue weighted by atomic mass is 19.1. The fourth-order valence-electron chi connectivity index (χ4n) is 2.20. The summed E-state index contributed by atoms with van der Waals surface area (Å²) in [6, 6.07) is 1.39. The number of rotatable bonds is 6. The summed E-state index contributed by atoms with van der Waals surface area (Å²) in [6.45, 7) is 2.36. The molecule has 0 atom stereocenters. The van der Waals surface area contributed by atoms with Gasteiger partial charge >= 0.3 is 0 Å². The van der Waals surface area contributed by atoms with Gasteiger partial charge in [0.2, 0.25) is 0 Å². The number of nitro groups is 1. The van der Waals surface area contributed by atoms with Crippen LogP contribution in [-0.4, -0.2) is 37.3 Å². The summed E-state index contributed by atoms with van der Waals surface area (Å²) in [7, 11) is 0. The Bertz CT molecular complexity index is 484. The van der Waals surface area contributed by atoms with Gasteiger partial charge in [-0.05, 0) is 25.9 Å². The highest BCUT2D eigenvalue weighted by Crippen LogP contribution is 2.24. The first-order valence-electron chi connectivity index (χ1n) is 6.77. The third-order valence-electron chi connectivity index (χ3n) is 3.28. The summed E-state index contributed by atoms with van der Waals surface area (Å²) < 4.78 is 32.8. The van der Waals surface area contributed by atoms with Gasteiger partial charge in [-0.15, -0.1) is 0 Å². The quantitative estimate of drug-likeness (QED) is 0.478. The molecule has 0 radical (unpaired) electrons. The van der Waals surface area contributed by atoms with E-state index in [1.807, 2.05) is 0 Å². The van der Waals surface area contributed by atoms with Crippen molar-refractivity contribution in [1.29, 1.82) is 0 Å². The third kappa shape index (κ3) is 4.33. The molecule has 6 nitrogen and oxygen atoms in total. The predicted octanol–water partition coefficient (Wildman–Crippen LogP) is 2.05. The van der Waals surface area contributed by atoms with Crippen molar-refractivity contribution in [2.75, 3.05) is 31.6 Å². The van der Waals surface area contributed by atoms with E-state index in [2.05, 4.69) is 10.6 Å². The first kappa shape index (κ1) is 15.6. The number of nitro benzene ring substituents is 1. The van der Waals surface area contributed by atoms with Gasteiger partial charge in [-0.1, -0.05) is 0 Å². The zero-order valence-corrected chi connectivity index (χ0v) is 11.4. The Morgan fingerprint density at radius 3 is 2.52 bits per heavy atom. The first-order valence-corrected chi connectivity index (χ1v) is 6.77. The summed E-state index contributed by atoms with van der Waals surface area (Å²) >= 11 is 0. The van der Waals surface area contributed by atoms with Crippen LogP contribution in [0.1, 0.15) is 12.8 Å². The summed E-state index contributed by atoms with van der Waals surface area (Å²) in [5.41, 5.74) is -0.976. The second kappa shape index (κ2) is 7.28. The van der Waals surface area contributed by atoms with E-state index in [0.29, 0.717) is 18.7 Å². The van der Waals surface area contributed by atoms with Crippen molar-refractivity contribution in [3.63, 3.8) is 0 Å². The van der Waals surface area contributed by atoms with Crippen LogP contribution < -0.4 is 10.6 Å². The maximum atomic E-state index is 13.6. The average Bonchev–Trinajstić information content (AvgIpc) is 2.46. The molecule has 0 aromatic heterocycles. The van der Waals surface area contributed by atoms with Crippen molar-refractivity contribution in [3.8, 4) is 0 Å². The van der Waals surface area contributed by atoms with Crippen molar-refractivity contribution in [3.05, 3.63) is 33.9 Å². The van der Waals surface area contributed by atoms with Gasteiger partial charge in [0.1, 0.15) is 5.69 Å². The topological polar surface area (TPSA) is 76.4 Å². The molecule has 1 aromatic rings. The van der Waals surface area contributed by atoms with Crippen molar-refractivity contribution in [1.82, 2.24) is 5.32 Å². The van der Waals surface area contributed by atoms with Gasteiger partial charge < -0.3 is 15.4 Å². The van der Waals surface area contributed by atoms with Gasteiger partial charge in [-0.25, -0.2) is 8.78 Å². The number of anilines is 1. The van der Waals surface area contributed by atoms with Crippen molar-refractivity contribution in [2.45, 2.75) is 18.9 Å². The van der Waals surface area contributed by atoms with Crippen LogP contribution in [0.15, 0.2) is 12.1 Å². The van der Waals surface area contributed by atoms with Crippen LogP contribution in [0.5, 0.6) is 0 Å². The van der Waals surface area contributed by atoms with Crippen LogP contribution in [0.3, 0.4) is 0 Å². The average molecular weight is 301 g/mol. The van der Waals surface area contributed by atoms with Crippen LogP contribution >= 0.6 is 0 Å². The Labute approximate surface area is 120 Å². The van der Waals surface area contributed by atoms with Gasteiger partial charge in [-0.3, -0.25) is 10.1 Å². The fraction of sp³-hybridized carbons (Fsp3) is 0.538. The normalized spacial score (nSPS) is 15.9. The van der Waals surface area contributed by atoms with E-state index in [1.165, 1.54) is 0 Å². The Morgan fingerprint density at radius 2 is 1.95 bits per heavy atom. The molecule has 116 valence electrons. The van der Waals surface area contributed by atoms with Crippen molar-refractivity contribution in [2.24, 2.45) is 0 Å². The number of ether oxygens (including phenoxy) is 1. The largest absolute Gasteiger partial charge is 0.378 e. The minimum absolute atomic E-state index is 0.166. The molecule has 0 bridgehead atoms. The zero-order valence-electron chi connectivity index (χ0n) is 11.4. The molecular weight excluding hydrogens is 284 g/mol. The van der Waals surface area contributed by atoms with Gasteiger partial charge in [0.25, 0.3) is 5.69 Å². The summed E-state index contributed by atoms with van der Waals surface area (Å²) in [5, 5.41) is 16.3. The monoisotopic (exact) mass is 301 g/mol. The molecule has 1 saturated heterocycles. The molecule has 1 aliphatic heterocycles. The number of non-ortho nitro benzene ring substituents is 1. The Kier molecular flexibility index (Phi) is 5.40. The van der Waals surface area contributed by atoms with Crippen LogP contribution in [0.2, 0.25) is 0 Å². The van der Waals surface area contributed by atoms with Gasteiger partial charge in [-0.2, -0.15) is 0 Å². The fourth-order valence-corrected chi connectivity index (χ4v) is 2.20. The summed E-state index contributed by atoms with van der Waals surface area (Å²) in [5.74, 6) is -1.97. The molecule has 21 heavy (non-hydrogen) atoms. The lowest BCUT2D eigenvalue weighted by molar-refractivity contribution is -0.385. The molecule has 1 aliphatic rings. The van der Waals surface area contributed by atoms with Crippen LogP contribution in [0.4, 0.5) is 20.2 Å². The molecule has 1 fully saturated rings. The van der Waals surface area contributed by atoms with E-state index in [0.717, 1.165) is 25.9 Å². The second-order valence-electron chi connectivity index (χ2n) is 4.79. The highest BCUT2D eigenvalue weighted by molar-refractivity contribution is 5.51. The molecule has 8 heteroatoms. The van der Waals surface area contributed by atoms with Gasteiger partial charge in [0.05, 0.1) is 29.8 Å². The minimum atomic E-state index is -0.983. The number of hydrogen-bond acceptors (Lipinski definition) is 5. The van der Waals surface area contributed by atoms with Gasteiger partial charge in [0.15, 0.2) is 11.6 Å². The van der Waals surface area contributed by atoms with Gasteiger partial charge in [0, 0.05) is 6.54 Å². The number of nitrogens with one attached hydrogen (secondary N) is 2. The van der Waals surface area contributed by atoms with E-state index in [9.17, 15) is 18.9 Å². The number of piperidine rings is 1. The lowest BCUT2D eigenvalue weighted by Crippen LogP contribution is -2.33. The van der Waals surface area contributed by atoms with Crippen LogP contribution in [0.25, 0.3) is 0 Å². The summed E-state index contributed by atoms with van der Waals surface area (Å²) in [4.78, 5) is 9.64. The lowest BCUT2D eigenvalue weighted by atomic mass is 10.1. The molecule has 0 saturated carbocycles. The number of nitrogens with zero attached hydrogens (tertiary/aromatic N) is 1. The maximum absolute atomic E-state index is 13.6. The van der Waals surface area contributed by atoms with E-state index in [-0.39, 0.29) is 18.3 Å². The van der Waals surface area contributed by atoms with Crippen molar-refractivity contribution >= 4 is 11.4 Å². The molecular formula is C13H17F2N3O3. The maximum Gasteiger partial charge on any atom is 0.275 e. The molecule has 1 aromatic carbocycles. The van der Waals surface area contributed by atoms with Crippen molar-refractivity contribution < 1.29 is 18.4 Å². The van der Waals surface area contributed by atoms with Crippen LogP contribution in [-0.2, 0) is 4.74 Å². The van der Waals surface area contributed by atoms with E-state index < -0.39 is 22.2 Å². The number of hydrogen-bond donors (Lipinski definition) is 2. The Balaban J connectivity index is 1.84. The molecule has 0 amide bonds. The van der Waals surface area contributed by atoms with Crippen LogP contribution in [0, 0.1) is 21.7 Å². The predicted molar refractivity (Wildman–Crippen MR) is 73.3 cm³/mol. The van der Waals surface area contributed by atoms with E-state index in [1.54, 1.807) is 0 Å². The molecule has 0 spiro atoms. The molecule has 1 heterocycles. The summed E-state index contributed by atoms with van der Waals surface area (Å²) in [6.07, 6.45) is 2.00. The van der Waals surface area contributed by atoms with E-state index >= 15 is 0 Å². The lowest BCUT2D eigenvalue weighted by Gasteiger charge is -2.23. The Morgan fingerprint density at radius 1 is 1.33 bits per heavy atom. The smallest absolute Gasteiger partial charge is 0.275 e. The zero-order chi connectivity index (χ0) is 15.2. The van der Waals surface area contributed by atoms with E-state index in [4.69, 9.17) is 4.74 Å². The number of benzene rings is 1. The number of halogens is 2. The minimum Gasteiger partial charge on any atom is -0.378 e.